The Balaban J connectivity index is 1.75. The van der Waals surface area contributed by atoms with Crippen molar-refractivity contribution >= 4 is 73.9 Å². The Hall–Kier alpha value is -2.10. The lowest BCUT2D eigenvalue weighted by Gasteiger charge is -2.15. The second kappa shape index (κ2) is 10.9. The van der Waals surface area contributed by atoms with E-state index in [2.05, 4.69) is 10.0 Å². The van der Waals surface area contributed by atoms with Gasteiger partial charge in [-0.3, -0.25) is 9.52 Å². The summed E-state index contributed by atoms with van der Waals surface area (Å²) >= 11 is 19.2. The summed E-state index contributed by atoms with van der Waals surface area (Å²) < 4.78 is 33.5. The topological polar surface area (TPSA) is 84.5 Å². The highest BCUT2D eigenvalue weighted by Crippen LogP contribution is 2.32. The van der Waals surface area contributed by atoms with Gasteiger partial charge in [0.1, 0.15) is 10.6 Å². The zero-order chi connectivity index (χ0) is 24.2. The summed E-state index contributed by atoms with van der Waals surface area (Å²) in [6, 6.07) is 15.9. The summed E-state index contributed by atoms with van der Waals surface area (Å²) in [6.07, 6.45) is 0. The summed E-state index contributed by atoms with van der Waals surface area (Å²) in [5.74, 6) is -0.193. The van der Waals surface area contributed by atoms with E-state index in [0.29, 0.717) is 15.7 Å². The molecule has 0 aliphatic heterocycles. The maximum Gasteiger partial charge on any atom is 0.265 e. The van der Waals surface area contributed by atoms with Crippen molar-refractivity contribution in [3.8, 4) is 5.75 Å². The molecule has 3 aromatic carbocycles. The molecule has 0 heterocycles. The summed E-state index contributed by atoms with van der Waals surface area (Å²) in [5.41, 5.74) is 0.567. The third kappa shape index (κ3) is 6.71. The molecule has 1 atom stereocenters. The van der Waals surface area contributed by atoms with Gasteiger partial charge < -0.3 is 10.1 Å². The minimum atomic E-state index is -4.03. The summed E-state index contributed by atoms with van der Waals surface area (Å²) in [5, 5.41) is 3.52. The molecule has 3 rings (SSSR count). The lowest BCUT2D eigenvalue weighted by molar-refractivity contribution is -0.115. The summed E-state index contributed by atoms with van der Waals surface area (Å²) in [4.78, 5) is 13.4. The first-order chi connectivity index (χ1) is 15.6. The summed E-state index contributed by atoms with van der Waals surface area (Å²) in [6.45, 7) is 1.77. The molecule has 0 spiro atoms. The van der Waals surface area contributed by atoms with E-state index in [1.807, 2.05) is 12.1 Å². The molecule has 1 unspecified atom stereocenters. The second-order valence-corrected chi connectivity index (χ2v) is 11.1. The molecule has 174 valence electrons. The predicted octanol–water partition coefficient (Wildman–Crippen LogP) is 6.58. The van der Waals surface area contributed by atoms with Crippen molar-refractivity contribution in [2.45, 2.75) is 22.0 Å². The highest BCUT2D eigenvalue weighted by atomic mass is 35.5. The van der Waals surface area contributed by atoms with E-state index in [1.165, 1.54) is 55.3 Å². The number of ether oxygens (including phenoxy) is 1. The number of halogens is 3. The number of hydrogen-bond acceptors (Lipinski definition) is 5. The first-order valence-electron chi connectivity index (χ1n) is 9.48. The van der Waals surface area contributed by atoms with Crippen LogP contribution in [0.4, 0.5) is 11.4 Å². The lowest BCUT2D eigenvalue weighted by atomic mass is 10.3. The van der Waals surface area contributed by atoms with Crippen LogP contribution in [0.1, 0.15) is 6.92 Å². The number of carbonyl (C=O) groups is 1. The van der Waals surface area contributed by atoms with Gasteiger partial charge >= 0.3 is 0 Å². The minimum absolute atomic E-state index is 0.0587. The molecule has 0 radical (unpaired) electrons. The van der Waals surface area contributed by atoms with Crippen LogP contribution in [-0.2, 0) is 14.8 Å². The van der Waals surface area contributed by atoms with Crippen LogP contribution < -0.4 is 14.8 Å². The predicted molar refractivity (Wildman–Crippen MR) is 136 cm³/mol. The number of carbonyl (C=O) groups excluding carboxylic acids is 1. The molecule has 0 aliphatic rings. The average Bonchev–Trinajstić information content (AvgIpc) is 2.77. The number of hydrogen-bond donors (Lipinski definition) is 2. The fourth-order valence-corrected chi connectivity index (χ4v) is 5.49. The maximum atomic E-state index is 12.9. The van der Waals surface area contributed by atoms with Gasteiger partial charge in [0, 0.05) is 26.7 Å². The molecule has 0 aliphatic carbocycles. The van der Waals surface area contributed by atoms with Gasteiger partial charge in [0.2, 0.25) is 5.91 Å². The number of benzene rings is 3. The molecule has 2 N–H and O–H groups in total. The van der Waals surface area contributed by atoms with Crippen LogP contribution in [0.3, 0.4) is 0 Å². The standard InChI is InChI=1S/C22H19Cl3N2O4S2/c1-13(32-17-7-3-14(23)4-8-17)22(28)26-16-6-10-21(20(12-16)31-2)33(29,30)27-19-9-5-15(24)11-18(19)25/h3-13,27H,1-2H3,(H,26,28). The third-order valence-electron chi connectivity index (χ3n) is 4.39. The van der Waals surface area contributed by atoms with E-state index >= 15 is 0 Å². The van der Waals surface area contributed by atoms with Gasteiger partial charge in [-0.25, -0.2) is 8.42 Å². The Morgan fingerprint density at radius 1 is 0.970 bits per heavy atom. The van der Waals surface area contributed by atoms with E-state index in [0.717, 1.165) is 4.90 Å². The average molecular weight is 546 g/mol. The molecule has 0 bridgehead atoms. The Labute approximate surface area is 211 Å². The van der Waals surface area contributed by atoms with E-state index in [9.17, 15) is 13.2 Å². The molecule has 0 saturated heterocycles. The van der Waals surface area contributed by atoms with Crippen molar-refractivity contribution in [1.29, 1.82) is 0 Å². The van der Waals surface area contributed by atoms with Gasteiger partial charge in [-0.15, -0.1) is 11.8 Å². The quantitative estimate of drug-likeness (QED) is 0.313. The zero-order valence-corrected chi connectivity index (χ0v) is 21.3. The number of nitrogens with one attached hydrogen (secondary N) is 2. The fourth-order valence-electron chi connectivity index (χ4n) is 2.75. The van der Waals surface area contributed by atoms with Crippen molar-refractivity contribution in [2.24, 2.45) is 0 Å². The van der Waals surface area contributed by atoms with Gasteiger partial charge in [0.05, 0.1) is 23.1 Å². The van der Waals surface area contributed by atoms with Crippen LogP contribution in [0.15, 0.2) is 70.5 Å². The maximum absolute atomic E-state index is 12.9. The molecular formula is C22H19Cl3N2O4S2. The molecule has 0 aromatic heterocycles. The first kappa shape index (κ1) is 25.5. The highest BCUT2D eigenvalue weighted by molar-refractivity contribution is 8.00. The second-order valence-electron chi connectivity index (χ2n) is 6.80. The Kier molecular flexibility index (Phi) is 8.42. The Morgan fingerprint density at radius 3 is 2.27 bits per heavy atom. The smallest absolute Gasteiger partial charge is 0.265 e. The number of amides is 1. The van der Waals surface area contributed by atoms with E-state index < -0.39 is 15.3 Å². The number of sulfonamides is 1. The van der Waals surface area contributed by atoms with Gasteiger partial charge in [-0.2, -0.15) is 0 Å². The zero-order valence-electron chi connectivity index (χ0n) is 17.4. The largest absolute Gasteiger partial charge is 0.495 e. The SMILES string of the molecule is COc1cc(NC(=O)C(C)Sc2ccc(Cl)cc2)ccc1S(=O)(=O)Nc1ccc(Cl)cc1Cl. The Morgan fingerprint density at radius 2 is 1.64 bits per heavy atom. The van der Waals surface area contributed by atoms with E-state index in [4.69, 9.17) is 39.5 Å². The molecule has 3 aromatic rings. The van der Waals surface area contributed by atoms with Crippen molar-refractivity contribution in [3.63, 3.8) is 0 Å². The highest BCUT2D eigenvalue weighted by Gasteiger charge is 2.22. The van der Waals surface area contributed by atoms with Gasteiger partial charge in [-0.05, 0) is 61.5 Å². The summed E-state index contributed by atoms with van der Waals surface area (Å²) in [7, 11) is -2.69. The van der Waals surface area contributed by atoms with Crippen LogP contribution in [0, 0.1) is 0 Å². The number of methoxy groups -OCH3 is 1. The molecule has 11 heteroatoms. The van der Waals surface area contributed by atoms with E-state index in [1.54, 1.807) is 19.1 Å². The number of rotatable bonds is 8. The van der Waals surface area contributed by atoms with Crippen molar-refractivity contribution < 1.29 is 17.9 Å². The lowest BCUT2D eigenvalue weighted by Crippen LogP contribution is -2.22. The van der Waals surface area contributed by atoms with Crippen LogP contribution in [0.25, 0.3) is 0 Å². The monoisotopic (exact) mass is 544 g/mol. The van der Waals surface area contributed by atoms with Crippen molar-refractivity contribution in [1.82, 2.24) is 0 Å². The minimum Gasteiger partial charge on any atom is -0.495 e. The normalized spacial score (nSPS) is 12.2. The number of anilines is 2. The van der Waals surface area contributed by atoms with Crippen LogP contribution in [0.2, 0.25) is 15.1 Å². The van der Waals surface area contributed by atoms with Crippen LogP contribution in [-0.4, -0.2) is 26.7 Å². The van der Waals surface area contributed by atoms with Crippen LogP contribution in [0.5, 0.6) is 5.75 Å². The van der Waals surface area contributed by atoms with Gasteiger partial charge in [-0.1, -0.05) is 34.8 Å². The van der Waals surface area contributed by atoms with Gasteiger partial charge in [0.25, 0.3) is 10.0 Å². The van der Waals surface area contributed by atoms with Crippen molar-refractivity contribution in [2.75, 3.05) is 17.1 Å². The van der Waals surface area contributed by atoms with E-state index in [-0.39, 0.29) is 27.3 Å². The molecule has 33 heavy (non-hydrogen) atoms. The molecule has 6 nitrogen and oxygen atoms in total. The first-order valence-corrected chi connectivity index (χ1v) is 13.0. The molecule has 0 saturated carbocycles. The fraction of sp³-hybridized carbons (Fsp3) is 0.136. The molecular weight excluding hydrogens is 527 g/mol. The Bertz CT molecular complexity index is 1270. The number of thioether (sulfide) groups is 1. The van der Waals surface area contributed by atoms with Crippen molar-refractivity contribution in [3.05, 3.63) is 75.7 Å². The molecule has 0 fully saturated rings. The third-order valence-corrected chi connectivity index (χ3v) is 7.71. The molecule has 1 amide bonds. The van der Waals surface area contributed by atoms with Crippen LogP contribution >= 0.6 is 46.6 Å². The van der Waals surface area contributed by atoms with Gasteiger partial charge in [0.15, 0.2) is 0 Å².